The quantitative estimate of drug-likeness (QED) is 0.628. The van der Waals surface area contributed by atoms with Crippen LogP contribution in [0.4, 0.5) is 0 Å². The Labute approximate surface area is 190 Å². The maximum atomic E-state index is 12.5. The lowest BCUT2D eigenvalue weighted by molar-refractivity contribution is -0.131. The van der Waals surface area contributed by atoms with Gasteiger partial charge in [0, 0.05) is 45.6 Å². The molecular weight excluding hydrogens is 410 g/mol. The Morgan fingerprint density at radius 2 is 1.78 bits per heavy atom. The number of likely N-dealkylation sites (tertiary alicyclic amines) is 2. The molecule has 1 unspecified atom stereocenters. The highest BCUT2D eigenvalue weighted by Gasteiger charge is 2.34. The third-order valence-electron chi connectivity index (χ3n) is 6.30. The number of methoxy groups -OCH3 is 2. The van der Waals surface area contributed by atoms with Gasteiger partial charge in [-0.15, -0.1) is 0 Å². The van der Waals surface area contributed by atoms with Gasteiger partial charge in [0.05, 0.1) is 20.1 Å². The molecule has 32 heavy (non-hydrogen) atoms. The molecule has 0 aliphatic carbocycles. The largest absolute Gasteiger partial charge is 0.493 e. The van der Waals surface area contributed by atoms with Gasteiger partial charge in [-0.05, 0) is 37.0 Å². The SMILES string of the molecule is COc1ccc(CCN2CC(C(=O)NCCC(=O)N3CCCCCC3)CC2=O)cc1OC. The summed E-state index contributed by atoms with van der Waals surface area (Å²) in [5.41, 5.74) is 1.04. The molecule has 2 aliphatic heterocycles. The molecule has 0 spiro atoms. The lowest BCUT2D eigenvalue weighted by Gasteiger charge is -2.20. The number of amides is 3. The monoisotopic (exact) mass is 445 g/mol. The molecule has 8 nitrogen and oxygen atoms in total. The van der Waals surface area contributed by atoms with Crippen molar-refractivity contribution in [3.63, 3.8) is 0 Å². The normalized spacial score (nSPS) is 18.9. The van der Waals surface area contributed by atoms with Gasteiger partial charge in [0.15, 0.2) is 11.5 Å². The van der Waals surface area contributed by atoms with Gasteiger partial charge in [-0.25, -0.2) is 0 Å². The van der Waals surface area contributed by atoms with E-state index in [1.165, 1.54) is 12.8 Å². The number of nitrogens with one attached hydrogen (secondary N) is 1. The molecule has 1 aromatic carbocycles. The summed E-state index contributed by atoms with van der Waals surface area (Å²) in [6, 6.07) is 5.71. The van der Waals surface area contributed by atoms with Gasteiger partial charge in [-0.1, -0.05) is 18.9 Å². The summed E-state index contributed by atoms with van der Waals surface area (Å²) in [6.45, 7) is 2.92. The van der Waals surface area contributed by atoms with Gasteiger partial charge in [-0.3, -0.25) is 14.4 Å². The number of nitrogens with zero attached hydrogens (tertiary/aromatic N) is 2. The summed E-state index contributed by atoms with van der Waals surface area (Å²) in [6.07, 6.45) is 5.68. The smallest absolute Gasteiger partial charge is 0.225 e. The second kappa shape index (κ2) is 11.7. The summed E-state index contributed by atoms with van der Waals surface area (Å²) in [7, 11) is 3.19. The Bertz CT molecular complexity index is 805. The van der Waals surface area contributed by atoms with Crippen LogP contribution in [0.5, 0.6) is 11.5 Å². The van der Waals surface area contributed by atoms with Gasteiger partial charge < -0.3 is 24.6 Å². The van der Waals surface area contributed by atoms with Gasteiger partial charge >= 0.3 is 0 Å². The fourth-order valence-corrected chi connectivity index (χ4v) is 4.38. The van der Waals surface area contributed by atoms with Gasteiger partial charge in [-0.2, -0.15) is 0 Å². The Morgan fingerprint density at radius 1 is 1.06 bits per heavy atom. The van der Waals surface area contributed by atoms with E-state index in [4.69, 9.17) is 9.47 Å². The third-order valence-corrected chi connectivity index (χ3v) is 6.30. The molecule has 0 saturated carbocycles. The van der Waals surface area contributed by atoms with E-state index in [-0.39, 0.29) is 30.1 Å². The van der Waals surface area contributed by atoms with E-state index in [1.807, 2.05) is 23.1 Å². The topological polar surface area (TPSA) is 88.2 Å². The van der Waals surface area contributed by atoms with Crippen LogP contribution in [0.2, 0.25) is 0 Å². The molecule has 1 atom stereocenters. The van der Waals surface area contributed by atoms with Crippen LogP contribution < -0.4 is 14.8 Å². The minimum Gasteiger partial charge on any atom is -0.493 e. The molecule has 2 heterocycles. The Balaban J connectivity index is 1.41. The first-order valence-corrected chi connectivity index (χ1v) is 11.6. The Kier molecular flexibility index (Phi) is 8.76. The minimum atomic E-state index is -0.360. The molecule has 0 bridgehead atoms. The summed E-state index contributed by atoms with van der Waals surface area (Å²) >= 11 is 0. The number of rotatable bonds is 9. The first-order valence-electron chi connectivity index (χ1n) is 11.6. The maximum Gasteiger partial charge on any atom is 0.225 e. The zero-order valence-corrected chi connectivity index (χ0v) is 19.2. The molecule has 1 aromatic rings. The molecule has 0 aromatic heterocycles. The molecule has 2 fully saturated rings. The second-order valence-corrected chi connectivity index (χ2v) is 8.52. The number of benzene rings is 1. The Hall–Kier alpha value is -2.77. The summed E-state index contributed by atoms with van der Waals surface area (Å²) < 4.78 is 10.6. The standard InChI is InChI=1S/C24H35N3O5/c1-31-20-8-7-18(15-21(20)32-2)10-14-27-17-19(16-23(27)29)24(30)25-11-9-22(28)26-12-5-3-4-6-13-26/h7-8,15,19H,3-6,9-14,16-17H2,1-2H3,(H,25,30). The maximum absolute atomic E-state index is 12.5. The number of carbonyl (C=O) groups excluding carboxylic acids is 3. The zero-order chi connectivity index (χ0) is 22.9. The van der Waals surface area contributed by atoms with Crippen molar-refractivity contribution in [2.45, 2.75) is 44.9 Å². The van der Waals surface area contributed by atoms with Crippen LogP contribution >= 0.6 is 0 Å². The highest BCUT2D eigenvalue weighted by molar-refractivity contribution is 5.89. The summed E-state index contributed by atoms with van der Waals surface area (Å²) in [4.78, 5) is 40.9. The zero-order valence-electron chi connectivity index (χ0n) is 19.2. The van der Waals surface area contributed by atoms with E-state index in [2.05, 4.69) is 5.32 Å². The number of ether oxygens (including phenoxy) is 2. The van der Waals surface area contributed by atoms with Gasteiger partial charge in [0.1, 0.15) is 0 Å². The van der Waals surface area contributed by atoms with Gasteiger partial charge in [0.2, 0.25) is 17.7 Å². The molecule has 3 rings (SSSR count). The minimum absolute atomic E-state index is 0.00808. The highest BCUT2D eigenvalue weighted by atomic mass is 16.5. The molecular formula is C24H35N3O5. The molecule has 0 radical (unpaired) electrons. The highest BCUT2D eigenvalue weighted by Crippen LogP contribution is 2.28. The van der Waals surface area contributed by atoms with Crippen LogP contribution in [-0.2, 0) is 20.8 Å². The van der Waals surface area contributed by atoms with Crippen LogP contribution in [0.15, 0.2) is 18.2 Å². The first kappa shape index (κ1) is 23.9. The molecule has 2 aliphatic rings. The van der Waals surface area contributed by atoms with Crippen LogP contribution in [0.1, 0.15) is 44.1 Å². The van der Waals surface area contributed by atoms with Crippen molar-refractivity contribution < 1.29 is 23.9 Å². The second-order valence-electron chi connectivity index (χ2n) is 8.52. The molecule has 176 valence electrons. The van der Waals surface area contributed by atoms with Crippen LogP contribution in [0.25, 0.3) is 0 Å². The first-order chi connectivity index (χ1) is 15.5. The fourth-order valence-electron chi connectivity index (χ4n) is 4.38. The molecule has 3 amide bonds. The predicted octanol–water partition coefficient (Wildman–Crippen LogP) is 2.00. The van der Waals surface area contributed by atoms with E-state index < -0.39 is 0 Å². The van der Waals surface area contributed by atoms with Crippen LogP contribution in [0.3, 0.4) is 0 Å². The number of carbonyl (C=O) groups is 3. The van der Waals surface area contributed by atoms with Crippen LogP contribution in [-0.4, -0.2) is 74.5 Å². The third kappa shape index (κ3) is 6.37. The van der Waals surface area contributed by atoms with Crippen molar-refractivity contribution in [3.8, 4) is 11.5 Å². The van der Waals surface area contributed by atoms with Crippen molar-refractivity contribution in [1.29, 1.82) is 0 Å². The van der Waals surface area contributed by atoms with E-state index in [9.17, 15) is 14.4 Å². The lowest BCUT2D eigenvalue weighted by atomic mass is 10.1. The van der Waals surface area contributed by atoms with Crippen molar-refractivity contribution in [1.82, 2.24) is 15.1 Å². The molecule has 1 N–H and O–H groups in total. The Morgan fingerprint density at radius 3 is 2.47 bits per heavy atom. The number of hydrogen-bond donors (Lipinski definition) is 1. The molecule has 2 saturated heterocycles. The van der Waals surface area contributed by atoms with Crippen molar-refractivity contribution >= 4 is 17.7 Å². The fraction of sp³-hybridized carbons (Fsp3) is 0.625. The molecule has 8 heteroatoms. The number of hydrogen-bond acceptors (Lipinski definition) is 5. The average molecular weight is 446 g/mol. The van der Waals surface area contributed by atoms with Gasteiger partial charge in [0.25, 0.3) is 0 Å². The van der Waals surface area contributed by atoms with Crippen molar-refractivity contribution in [2.75, 3.05) is 46.9 Å². The summed E-state index contributed by atoms with van der Waals surface area (Å²) in [5.74, 6) is 0.915. The average Bonchev–Trinajstić information content (AvgIpc) is 2.99. The van der Waals surface area contributed by atoms with E-state index in [0.717, 1.165) is 31.5 Å². The predicted molar refractivity (Wildman–Crippen MR) is 121 cm³/mol. The van der Waals surface area contributed by atoms with Crippen LogP contribution in [0, 0.1) is 5.92 Å². The van der Waals surface area contributed by atoms with Crippen molar-refractivity contribution in [2.24, 2.45) is 5.92 Å². The van der Waals surface area contributed by atoms with E-state index in [0.29, 0.717) is 44.0 Å². The van der Waals surface area contributed by atoms with E-state index in [1.54, 1.807) is 19.1 Å². The van der Waals surface area contributed by atoms with Crippen molar-refractivity contribution in [3.05, 3.63) is 23.8 Å². The summed E-state index contributed by atoms with van der Waals surface area (Å²) in [5, 5.41) is 2.86. The van der Waals surface area contributed by atoms with E-state index >= 15 is 0 Å². The lowest BCUT2D eigenvalue weighted by Crippen LogP contribution is -2.37.